The Labute approximate surface area is 137 Å². The lowest BCUT2D eigenvalue weighted by Crippen LogP contribution is -2.48. The second-order valence-corrected chi connectivity index (χ2v) is 7.36. The summed E-state index contributed by atoms with van der Waals surface area (Å²) in [6.07, 6.45) is 0.289. The molecule has 1 aliphatic heterocycles. The summed E-state index contributed by atoms with van der Waals surface area (Å²) in [6, 6.07) is 7.00. The molecule has 3 nitrogen and oxygen atoms in total. The van der Waals surface area contributed by atoms with E-state index in [0.29, 0.717) is 12.0 Å². The van der Waals surface area contributed by atoms with E-state index in [2.05, 4.69) is 72.0 Å². The summed E-state index contributed by atoms with van der Waals surface area (Å²) in [7, 11) is 0. The van der Waals surface area contributed by atoms with E-state index in [4.69, 9.17) is 4.74 Å². The maximum Gasteiger partial charge on any atom is 0.0723 e. The molecule has 1 aliphatic rings. The SMILES string of the molecule is CC(C)CNCc1ccc(Br)cc1N1CC(C)OCC1C. The van der Waals surface area contributed by atoms with Gasteiger partial charge in [0.2, 0.25) is 0 Å². The molecule has 2 rings (SSSR count). The normalized spacial score (nSPS) is 22.9. The molecule has 118 valence electrons. The van der Waals surface area contributed by atoms with E-state index in [0.717, 1.165) is 30.7 Å². The summed E-state index contributed by atoms with van der Waals surface area (Å²) < 4.78 is 6.89. The van der Waals surface area contributed by atoms with Crippen LogP contribution in [0.4, 0.5) is 5.69 Å². The van der Waals surface area contributed by atoms with E-state index in [9.17, 15) is 0 Å². The molecule has 1 aromatic carbocycles. The van der Waals surface area contributed by atoms with Crippen LogP contribution < -0.4 is 10.2 Å². The van der Waals surface area contributed by atoms with Crippen molar-refractivity contribution in [2.45, 2.75) is 46.4 Å². The molecule has 1 aromatic rings. The molecule has 1 fully saturated rings. The van der Waals surface area contributed by atoms with Crippen molar-refractivity contribution in [2.24, 2.45) is 5.92 Å². The first-order valence-corrected chi connectivity index (χ1v) is 8.64. The number of hydrogen-bond acceptors (Lipinski definition) is 3. The van der Waals surface area contributed by atoms with Crippen LogP contribution in [0.25, 0.3) is 0 Å². The molecule has 0 aliphatic carbocycles. The molecule has 0 amide bonds. The Morgan fingerprint density at radius 1 is 1.38 bits per heavy atom. The Bertz CT molecular complexity index is 464. The fourth-order valence-electron chi connectivity index (χ4n) is 2.69. The standard InChI is InChI=1S/C17H27BrN2O/c1-12(2)8-19-9-15-5-6-16(18)7-17(15)20-10-14(4)21-11-13(20)3/h5-7,12-14,19H,8-11H2,1-4H3. The predicted octanol–water partition coefficient (Wildman–Crippen LogP) is 3.81. The molecule has 1 saturated heterocycles. The molecule has 1 N–H and O–H groups in total. The van der Waals surface area contributed by atoms with Crippen LogP contribution in [-0.2, 0) is 11.3 Å². The highest BCUT2D eigenvalue weighted by atomic mass is 79.9. The highest BCUT2D eigenvalue weighted by Gasteiger charge is 2.25. The van der Waals surface area contributed by atoms with Crippen molar-refractivity contribution in [3.8, 4) is 0 Å². The summed E-state index contributed by atoms with van der Waals surface area (Å²) in [5.74, 6) is 0.672. The number of rotatable bonds is 5. The molecule has 0 saturated carbocycles. The second-order valence-electron chi connectivity index (χ2n) is 6.44. The fourth-order valence-corrected chi connectivity index (χ4v) is 3.04. The van der Waals surface area contributed by atoms with Gasteiger partial charge in [-0.15, -0.1) is 0 Å². The fraction of sp³-hybridized carbons (Fsp3) is 0.647. The van der Waals surface area contributed by atoms with Gasteiger partial charge < -0.3 is 15.0 Å². The first kappa shape index (κ1) is 16.8. The molecular weight excluding hydrogens is 328 g/mol. The zero-order valence-electron chi connectivity index (χ0n) is 13.5. The van der Waals surface area contributed by atoms with Gasteiger partial charge >= 0.3 is 0 Å². The number of hydrogen-bond donors (Lipinski definition) is 1. The number of benzene rings is 1. The number of anilines is 1. The lowest BCUT2D eigenvalue weighted by Gasteiger charge is -2.39. The Kier molecular flexibility index (Phi) is 6.08. The minimum atomic E-state index is 0.289. The molecule has 4 heteroatoms. The lowest BCUT2D eigenvalue weighted by molar-refractivity contribution is 0.0343. The van der Waals surface area contributed by atoms with Gasteiger partial charge in [0, 0.05) is 29.3 Å². The van der Waals surface area contributed by atoms with Gasteiger partial charge in [0.25, 0.3) is 0 Å². The van der Waals surface area contributed by atoms with Crippen molar-refractivity contribution in [1.82, 2.24) is 5.32 Å². The maximum absolute atomic E-state index is 5.76. The summed E-state index contributed by atoms with van der Waals surface area (Å²) >= 11 is 3.61. The van der Waals surface area contributed by atoms with E-state index in [1.165, 1.54) is 11.3 Å². The first-order chi connectivity index (χ1) is 9.97. The number of morpholine rings is 1. The monoisotopic (exact) mass is 354 g/mol. The first-order valence-electron chi connectivity index (χ1n) is 7.84. The van der Waals surface area contributed by atoms with Crippen molar-refractivity contribution in [1.29, 1.82) is 0 Å². The minimum absolute atomic E-state index is 0.289. The number of halogens is 1. The zero-order valence-corrected chi connectivity index (χ0v) is 15.1. The van der Waals surface area contributed by atoms with E-state index in [-0.39, 0.29) is 6.10 Å². The van der Waals surface area contributed by atoms with Gasteiger partial charge in [0.1, 0.15) is 0 Å². The summed E-state index contributed by atoms with van der Waals surface area (Å²) in [4.78, 5) is 2.48. The van der Waals surface area contributed by atoms with E-state index in [1.807, 2.05) is 0 Å². The van der Waals surface area contributed by atoms with Gasteiger partial charge in [-0.25, -0.2) is 0 Å². The maximum atomic E-state index is 5.76. The van der Waals surface area contributed by atoms with Crippen molar-refractivity contribution in [2.75, 3.05) is 24.6 Å². The lowest BCUT2D eigenvalue weighted by atomic mass is 10.1. The summed E-state index contributed by atoms with van der Waals surface area (Å²) in [5.41, 5.74) is 2.68. The molecule has 21 heavy (non-hydrogen) atoms. The average molecular weight is 355 g/mol. The van der Waals surface area contributed by atoms with Gasteiger partial charge in [0.15, 0.2) is 0 Å². The summed E-state index contributed by atoms with van der Waals surface area (Å²) in [6.45, 7) is 12.6. The predicted molar refractivity (Wildman–Crippen MR) is 92.9 cm³/mol. The van der Waals surface area contributed by atoms with Crippen molar-refractivity contribution in [3.05, 3.63) is 28.2 Å². The smallest absolute Gasteiger partial charge is 0.0723 e. The number of nitrogens with zero attached hydrogens (tertiary/aromatic N) is 1. The molecule has 0 radical (unpaired) electrons. The Balaban J connectivity index is 2.17. The third-order valence-electron chi connectivity index (χ3n) is 3.83. The average Bonchev–Trinajstić information content (AvgIpc) is 2.43. The molecule has 0 bridgehead atoms. The van der Waals surface area contributed by atoms with Crippen LogP contribution >= 0.6 is 15.9 Å². The molecule has 0 spiro atoms. The van der Waals surface area contributed by atoms with E-state index >= 15 is 0 Å². The molecular formula is C17H27BrN2O. The second kappa shape index (κ2) is 7.61. The van der Waals surface area contributed by atoms with Crippen LogP contribution in [0.15, 0.2) is 22.7 Å². The third kappa shape index (κ3) is 4.70. The van der Waals surface area contributed by atoms with Gasteiger partial charge in [-0.3, -0.25) is 0 Å². The van der Waals surface area contributed by atoms with Crippen LogP contribution in [0.5, 0.6) is 0 Å². The van der Waals surface area contributed by atoms with E-state index in [1.54, 1.807) is 0 Å². The van der Waals surface area contributed by atoms with E-state index < -0.39 is 0 Å². The molecule has 0 aromatic heterocycles. The quantitative estimate of drug-likeness (QED) is 0.869. The van der Waals surface area contributed by atoms with Crippen LogP contribution in [0.3, 0.4) is 0 Å². The largest absolute Gasteiger partial charge is 0.375 e. The van der Waals surface area contributed by atoms with Crippen LogP contribution in [0.2, 0.25) is 0 Å². The number of nitrogens with one attached hydrogen (secondary N) is 1. The molecule has 2 atom stereocenters. The Morgan fingerprint density at radius 2 is 2.14 bits per heavy atom. The van der Waals surface area contributed by atoms with Crippen LogP contribution in [-0.4, -0.2) is 31.8 Å². The van der Waals surface area contributed by atoms with Crippen molar-refractivity contribution >= 4 is 21.6 Å². The Morgan fingerprint density at radius 3 is 2.86 bits per heavy atom. The van der Waals surface area contributed by atoms with Gasteiger partial charge in [0.05, 0.1) is 12.7 Å². The minimum Gasteiger partial charge on any atom is -0.375 e. The topological polar surface area (TPSA) is 24.5 Å². The van der Waals surface area contributed by atoms with Crippen molar-refractivity contribution < 1.29 is 4.74 Å². The highest BCUT2D eigenvalue weighted by molar-refractivity contribution is 9.10. The molecule has 2 unspecified atom stereocenters. The van der Waals surface area contributed by atoms with Gasteiger partial charge in [-0.2, -0.15) is 0 Å². The summed E-state index contributed by atoms with van der Waals surface area (Å²) in [5, 5.41) is 3.55. The third-order valence-corrected chi connectivity index (χ3v) is 4.33. The Hall–Kier alpha value is -0.580. The number of ether oxygens (including phenoxy) is 1. The van der Waals surface area contributed by atoms with Crippen molar-refractivity contribution in [3.63, 3.8) is 0 Å². The van der Waals surface area contributed by atoms with Crippen LogP contribution in [0, 0.1) is 5.92 Å². The highest BCUT2D eigenvalue weighted by Crippen LogP contribution is 2.29. The van der Waals surface area contributed by atoms with Gasteiger partial charge in [-0.1, -0.05) is 35.8 Å². The molecule has 1 heterocycles. The zero-order chi connectivity index (χ0) is 15.4. The van der Waals surface area contributed by atoms with Crippen LogP contribution in [0.1, 0.15) is 33.3 Å². The van der Waals surface area contributed by atoms with Gasteiger partial charge in [-0.05, 0) is 44.0 Å².